The molecule has 0 saturated carbocycles. The quantitative estimate of drug-likeness (QED) is 0.614. The number of aromatic nitrogens is 5. The number of nitro groups is 1. The first kappa shape index (κ1) is 12.0. The minimum absolute atomic E-state index is 0.194. The molecule has 18 heavy (non-hydrogen) atoms. The van der Waals surface area contributed by atoms with Crippen LogP contribution in [-0.2, 0) is 20.1 Å². The number of anilines is 1. The highest BCUT2D eigenvalue weighted by molar-refractivity contribution is 5.51. The summed E-state index contributed by atoms with van der Waals surface area (Å²) in [4.78, 5) is 14.0. The molecule has 0 aromatic carbocycles. The van der Waals surface area contributed by atoms with Gasteiger partial charge in [-0.15, -0.1) is 10.2 Å². The van der Waals surface area contributed by atoms with Crippen molar-refractivity contribution in [3.05, 3.63) is 28.6 Å². The second-order valence-corrected chi connectivity index (χ2v) is 3.67. The molecule has 9 heteroatoms. The third-order valence-corrected chi connectivity index (χ3v) is 2.54. The highest BCUT2D eigenvalue weighted by atomic mass is 16.6. The van der Waals surface area contributed by atoms with E-state index in [2.05, 4.69) is 20.5 Å². The van der Waals surface area contributed by atoms with Gasteiger partial charge in [0.15, 0.2) is 5.82 Å². The van der Waals surface area contributed by atoms with Crippen LogP contribution in [0.1, 0.15) is 12.7 Å². The van der Waals surface area contributed by atoms with E-state index in [1.807, 2.05) is 11.5 Å². The van der Waals surface area contributed by atoms with E-state index >= 15 is 0 Å². The molecular weight excluding hydrogens is 238 g/mol. The second-order valence-electron chi connectivity index (χ2n) is 3.67. The molecule has 0 spiro atoms. The summed E-state index contributed by atoms with van der Waals surface area (Å²) in [6, 6.07) is 0. The number of imidazole rings is 1. The van der Waals surface area contributed by atoms with Gasteiger partial charge in [-0.1, -0.05) is 0 Å². The Bertz CT molecular complexity index is 559. The zero-order valence-corrected chi connectivity index (χ0v) is 10.1. The number of hydrogen-bond donors (Lipinski definition) is 1. The van der Waals surface area contributed by atoms with Crippen LogP contribution in [0.25, 0.3) is 0 Å². The number of nitrogens with one attached hydrogen (secondary N) is 1. The standard InChI is InChI=1S/C9H13N7O2/c1-3-15-6-12-13-7(15)4-10-8-9(16(17)18)11-5-14(8)2/h5-6,10H,3-4H2,1-2H3. The second kappa shape index (κ2) is 4.82. The molecule has 96 valence electrons. The molecule has 0 aliphatic carbocycles. The van der Waals surface area contributed by atoms with Crippen LogP contribution in [0.4, 0.5) is 11.6 Å². The lowest BCUT2D eigenvalue weighted by atomic mass is 10.5. The van der Waals surface area contributed by atoms with Gasteiger partial charge in [-0.3, -0.25) is 4.57 Å². The summed E-state index contributed by atoms with van der Waals surface area (Å²) in [5, 5.41) is 21.5. The van der Waals surface area contributed by atoms with Gasteiger partial charge in [0.1, 0.15) is 6.33 Å². The van der Waals surface area contributed by atoms with Crippen LogP contribution in [0.5, 0.6) is 0 Å². The van der Waals surface area contributed by atoms with Crippen LogP contribution in [0.15, 0.2) is 12.7 Å². The topological polar surface area (TPSA) is 104 Å². The summed E-state index contributed by atoms with van der Waals surface area (Å²) in [7, 11) is 1.69. The maximum absolute atomic E-state index is 10.8. The summed E-state index contributed by atoms with van der Waals surface area (Å²) >= 11 is 0. The van der Waals surface area contributed by atoms with Crippen molar-refractivity contribution in [2.75, 3.05) is 5.32 Å². The number of nitrogens with zero attached hydrogens (tertiary/aromatic N) is 6. The Morgan fingerprint density at radius 3 is 2.94 bits per heavy atom. The average molecular weight is 251 g/mol. The molecular formula is C9H13N7O2. The van der Waals surface area contributed by atoms with E-state index in [1.165, 1.54) is 6.33 Å². The molecule has 9 nitrogen and oxygen atoms in total. The van der Waals surface area contributed by atoms with Gasteiger partial charge < -0.3 is 20.0 Å². The molecule has 2 rings (SSSR count). The summed E-state index contributed by atoms with van der Waals surface area (Å²) in [5.74, 6) is 0.874. The van der Waals surface area contributed by atoms with Crippen LogP contribution in [-0.4, -0.2) is 29.2 Å². The van der Waals surface area contributed by atoms with Gasteiger partial charge in [0, 0.05) is 13.6 Å². The van der Waals surface area contributed by atoms with Gasteiger partial charge in [-0.25, -0.2) is 0 Å². The van der Waals surface area contributed by atoms with Crippen molar-refractivity contribution in [3.63, 3.8) is 0 Å². The molecule has 0 atom stereocenters. The van der Waals surface area contributed by atoms with Crippen molar-refractivity contribution in [2.45, 2.75) is 20.0 Å². The summed E-state index contributed by atoms with van der Waals surface area (Å²) < 4.78 is 3.42. The number of rotatable bonds is 5. The number of hydrogen-bond acceptors (Lipinski definition) is 6. The Kier molecular flexibility index (Phi) is 3.22. The Hall–Kier alpha value is -2.45. The fourth-order valence-electron chi connectivity index (χ4n) is 1.60. The van der Waals surface area contributed by atoms with Crippen molar-refractivity contribution in [2.24, 2.45) is 7.05 Å². The molecule has 0 radical (unpaired) electrons. The zero-order valence-electron chi connectivity index (χ0n) is 10.1. The lowest BCUT2D eigenvalue weighted by Crippen LogP contribution is -2.10. The van der Waals surface area contributed by atoms with Crippen molar-refractivity contribution >= 4 is 11.6 Å². The molecule has 0 unspecified atom stereocenters. The van der Waals surface area contributed by atoms with Crippen molar-refractivity contribution < 1.29 is 4.92 Å². The van der Waals surface area contributed by atoms with E-state index in [0.717, 1.165) is 6.54 Å². The van der Waals surface area contributed by atoms with Crippen molar-refractivity contribution in [1.82, 2.24) is 24.3 Å². The zero-order chi connectivity index (χ0) is 13.1. The highest BCUT2D eigenvalue weighted by Gasteiger charge is 2.20. The molecule has 2 heterocycles. The highest BCUT2D eigenvalue weighted by Crippen LogP contribution is 2.21. The number of aryl methyl sites for hydroxylation is 2. The van der Waals surface area contributed by atoms with Crippen LogP contribution in [0.3, 0.4) is 0 Å². The monoisotopic (exact) mass is 251 g/mol. The molecule has 1 N–H and O–H groups in total. The lowest BCUT2D eigenvalue weighted by molar-refractivity contribution is -0.388. The van der Waals surface area contributed by atoms with Gasteiger partial charge in [0.2, 0.25) is 12.1 Å². The predicted molar refractivity (Wildman–Crippen MR) is 62.9 cm³/mol. The third kappa shape index (κ3) is 2.14. The van der Waals surface area contributed by atoms with Crippen LogP contribution >= 0.6 is 0 Å². The Balaban J connectivity index is 2.15. The minimum atomic E-state index is -0.521. The predicted octanol–water partition coefficient (Wildman–Crippen LogP) is 0.552. The van der Waals surface area contributed by atoms with Crippen molar-refractivity contribution in [3.8, 4) is 0 Å². The Morgan fingerprint density at radius 2 is 2.28 bits per heavy atom. The lowest BCUT2D eigenvalue weighted by Gasteiger charge is -2.06. The van der Waals surface area contributed by atoms with Gasteiger partial charge in [-0.05, 0) is 16.8 Å². The normalized spacial score (nSPS) is 10.6. The SMILES string of the molecule is CCn1cnnc1CNc1c([N+](=O)[O-])ncn1C. The fourth-order valence-corrected chi connectivity index (χ4v) is 1.60. The molecule has 0 aliphatic heterocycles. The largest absolute Gasteiger partial charge is 0.406 e. The van der Waals surface area contributed by atoms with E-state index < -0.39 is 4.92 Å². The first-order valence-electron chi connectivity index (χ1n) is 5.39. The van der Waals surface area contributed by atoms with E-state index in [1.54, 1.807) is 17.9 Å². The van der Waals surface area contributed by atoms with E-state index in [-0.39, 0.29) is 5.82 Å². The van der Waals surface area contributed by atoms with Crippen LogP contribution < -0.4 is 5.32 Å². The van der Waals surface area contributed by atoms with Crippen LogP contribution in [0.2, 0.25) is 0 Å². The molecule has 0 bridgehead atoms. The molecule has 2 aromatic rings. The first-order valence-corrected chi connectivity index (χ1v) is 5.39. The van der Waals surface area contributed by atoms with Crippen molar-refractivity contribution in [1.29, 1.82) is 0 Å². The smallest absolute Gasteiger partial charge is 0.358 e. The molecule has 2 aromatic heterocycles. The molecule has 0 amide bonds. The molecule has 0 aliphatic rings. The van der Waals surface area contributed by atoms with Gasteiger partial charge >= 0.3 is 5.82 Å². The fraction of sp³-hybridized carbons (Fsp3) is 0.444. The molecule has 0 saturated heterocycles. The summed E-state index contributed by atoms with van der Waals surface area (Å²) in [5.41, 5.74) is 0. The van der Waals surface area contributed by atoms with E-state index in [4.69, 9.17) is 0 Å². The summed E-state index contributed by atoms with van der Waals surface area (Å²) in [6.45, 7) is 3.07. The van der Waals surface area contributed by atoms with E-state index in [9.17, 15) is 10.1 Å². The van der Waals surface area contributed by atoms with Crippen LogP contribution in [0, 0.1) is 10.1 Å². The average Bonchev–Trinajstić information content (AvgIpc) is 2.92. The molecule has 0 fully saturated rings. The summed E-state index contributed by atoms with van der Waals surface area (Å²) in [6.07, 6.45) is 3.01. The first-order chi connectivity index (χ1) is 8.63. The minimum Gasteiger partial charge on any atom is -0.358 e. The third-order valence-electron chi connectivity index (χ3n) is 2.54. The van der Waals surface area contributed by atoms with E-state index in [0.29, 0.717) is 18.2 Å². The Labute approximate surface area is 103 Å². The Morgan fingerprint density at radius 1 is 1.50 bits per heavy atom. The van der Waals surface area contributed by atoms with Gasteiger partial charge in [0.25, 0.3) is 0 Å². The maximum Gasteiger partial charge on any atom is 0.406 e. The van der Waals surface area contributed by atoms with Gasteiger partial charge in [-0.2, -0.15) is 0 Å². The van der Waals surface area contributed by atoms with Gasteiger partial charge in [0.05, 0.1) is 6.54 Å². The maximum atomic E-state index is 10.8.